The quantitative estimate of drug-likeness (QED) is 0.682. The van der Waals surface area contributed by atoms with Crippen molar-refractivity contribution in [3.05, 3.63) is 35.5 Å². The van der Waals surface area contributed by atoms with Crippen LogP contribution in [-0.4, -0.2) is 34.9 Å². The van der Waals surface area contributed by atoms with Crippen LogP contribution in [0.15, 0.2) is 29.8 Å². The van der Waals surface area contributed by atoms with Gasteiger partial charge in [-0.3, -0.25) is 14.6 Å². The van der Waals surface area contributed by atoms with E-state index in [1.165, 1.54) is 6.92 Å². The first kappa shape index (κ1) is 18.1. The summed E-state index contributed by atoms with van der Waals surface area (Å²) in [5.41, 5.74) is 1.78. The van der Waals surface area contributed by atoms with Crippen molar-refractivity contribution >= 4 is 23.2 Å². The Labute approximate surface area is 145 Å². The van der Waals surface area contributed by atoms with Crippen molar-refractivity contribution in [1.82, 2.24) is 20.6 Å². The third kappa shape index (κ3) is 6.45. The Hall–Kier alpha value is -2.28. The van der Waals surface area contributed by atoms with Crippen LogP contribution in [0, 0.1) is 0 Å². The lowest BCUT2D eigenvalue weighted by Gasteiger charge is -2.05. The van der Waals surface area contributed by atoms with Crippen LogP contribution >= 0.6 is 11.3 Å². The zero-order valence-corrected chi connectivity index (χ0v) is 14.6. The minimum atomic E-state index is -0.0210. The predicted molar refractivity (Wildman–Crippen MR) is 94.6 cm³/mol. The van der Waals surface area contributed by atoms with Crippen molar-refractivity contribution in [2.45, 2.75) is 32.6 Å². The molecule has 0 unspecified atom stereocenters. The Morgan fingerprint density at radius 3 is 2.67 bits per heavy atom. The number of pyridine rings is 1. The summed E-state index contributed by atoms with van der Waals surface area (Å²) >= 11 is 1.54. The number of thiazole rings is 1. The van der Waals surface area contributed by atoms with Crippen LogP contribution in [-0.2, 0) is 16.0 Å². The largest absolute Gasteiger partial charge is 0.356 e. The van der Waals surface area contributed by atoms with Crippen LogP contribution in [0.2, 0.25) is 0 Å². The van der Waals surface area contributed by atoms with E-state index in [1.54, 1.807) is 17.5 Å². The van der Waals surface area contributed by atoms with Crippen LogP contribution in [0.1, 0.15) is 31.9 Å². The number of aryl methyl sites for hydroxylation is 1. The third-order valence-electron chi connectivity index (χ3n) is 3.34. The summed E-state index contributed by atoms with van der Waals surface area (Å²) in [7, 11) is 0. The van der Waals surface area contributed by atoms with Gasteiger partial charge in [-0.2, -0.15) is 0 Å². The molecule has 0 bridgehead atoms. The number of hydrogen-bond donors (Lipinski definition) is 2. The molecule has 0 spiro atoms. The summed E-state index contributed by atoms with van der Waals surface area (Å²) in [6.45, 7) is 2.79. The maximum atomic E-state index is 11.8. The van der Waals surface area contributed by atoms with E-state index in [4.69, 9.17) is 0 Å². The molecular weight excluding hydrogens is 324 g/mol. The molecule has 2 aromatic heterocycles. The minimum Gasteiger partial charge on any atom is -0.356 e. The van der Waals surface area contributed by atoms with E-state index in [-0.39, 0.29) is 11.8 Å². The Morgan fingerprint density at radius 1 is 1.17 bits per heavy atom. The van der Waals surface area contributed by atoms with Gasteiger partial charge < -0.3 is 10.6 Å². The smallest absolute Gasteiger partial charge is 0.220 e. The van der Waals surface area contributed by atoms with E-state index >= 15 is 0 Å². The molecule has 0 saturated heterocycles. The van der Waals surface area contributed by atoms with Crippen LogP contribution in [0.4, 0.5) is 0 Å². The zero-order valence-electron chi connectivity index (χ0n) is 13.7. The molecule has 2 heterocycles. The molecule has 0 atom stereocenters. The molecule has 2 rings (SSSR count). The topological polar surface area (TPSA) is 84.0 Å². The second-order valence-corrected chi connectivity index (χ2v) is 6.26. The molecule has 0 radical (unpaired) electrons. The average molecular weight is 346 g/mol. The normalized spacial score (nSPS) is 10.4. The van der Waals surface area contributed by atoms with Gasteiger partial charge in [0.15, 0.2) is 0 Å². The van der Waals surface area contributed by atoms with Gasteiger partial charge in [0.05, 0.1) is 11.4 Å². The first-order chi connectivity index (χ1) is 11.6. The van der Waals surface area contributed by atoms with Gasteiger partial charge in [-0.25, -0.2) is 4.98 Å². The van der Waals surface area contributed by atoms with Gasteiger partial charge in [0.1, 0.15) is 5.01 Å². The predicted octanol–water partition coefficient (Wildman–Crippen LogP) is 2.17. The van der Waals surface area contributed by atoms with Crippen LogP contribution in [0.3, 0.4) is 0 Å². The van der Waals surface area contributed by atoms with E-state index in [0.717, 1.165) is 29.2 Å². The number of carbonyl (C=O) groups is 2. The van der Waals surface area contributed by atoms with Gasteiger partial charge in [-0.1, -0.05) is 6.07 Å². The Bertz CT molecular complexity index is 658. The van der Waals surface area contributed by atoms with Crippen molar-refractivity contribution in [3.8, 4) is 10.7 Å². The maximum absolute atomic E-state index is 11.8. The summed E-state index contributed by atoms with van der Waals surface area (Å²) in [6, 6.07) is 5.73. The van der Waals surface area contributed by atoms with Crippen LogP contribution in [0.25, 0.3) is 10.7 Å². The fourth-order valence-electron chi connectivity index (χ4n) is 2.10. The summed E-state index contributed by atoms with van der Waals surface area (Å²) in [4.78, 5) is 31.3. The molecule has 0 saturated carbocycles. The summed E-state index contributed by atoms with van der Waals surface area (Å²) in [6.07, 6.45) is 4.51. The second kappa shape index (κ2) is 9.77. The fraction of sp³-hybridized carbons (Fsp3) is 0.412. The lowest BCUT2D eigenvalue weighted by molar-refractivity contribution is -0.121. The number of rotatable bonds is 9. The maximum Gasteiger partial charge on any atom is 0.220 e. The van der Waals surface area contributed by atoms with E-state index in [2.05, 4.69) is 20.6 Å². The zero-order chi connectivity index (χ0) is 17.2. The van der Waals surface area contributed by atoms with Crippen LogP contribution < -0.4 is 10.6 Å². The molecule has 0 aromatic carbocycles. The molecule has 128 valence electrons. The number of aromatic nitrogens is 2. The first-order valence-electron chi connectivity index (χ1n) is 8.02. The summed E-state index contributed by atoms with van der Waals surface area (Å²) < 4.78 is 0. The van der Waals surface area contributed by atoms with Gasteiger partial charge in [0.25, 0.3) is 0 Å². The summed E-state index contributed by atoms with van der Waals surface area (Å²) in [5, 5.41) is 8.48. The fourth-order valence-corrected chi connectivity index (χ4v) is 2.93. The molecule has 0 aliphatic carbocycles. The van der Waals surface area contributed by atoms with Gasteiger partial charge in [0.2, 0.25) is 11.8 Å². The average Bonchev–Trinajstić information content (AvgIpc) is 3.06. The molecule has 6 nitrogen and oxygen atoms in total. The molecule has 2 amide bonds. The van der Waals surface area contributed by atoms with Crippen molar-refractivity contribution in [1.29, 1.82) is 0 Å². The number of nitrogens with zero attached hydrogens (tertiary/aromatic N) is 2. The molecule has 0 fully saturated rings. The number of nitrogens with one attached hydrogen (secondary N) is 2. The van der Waals surface area contributed by atoms with Gasteiger partial charge in [-0.15, -0.1) is 11.3 Å². The molecule has 24 heavy (non-hydrogen) atoms. The molecule has 0 aliphatic rings. The molecular formula is C17H22N4O2S. The number of amides is 2. The molecule has 2 aromatic rings. The third-order valence-corrected chi connectivity index (χ3v) is 4.26. The molecule has 7 heteroatoms. The monoisotopic (exact) mass is 346 g/mol. The standard InChI is InChI=1S/C17H22N4O2S/c1-13(22)18-9-4-5-11-20-16(23)8-7-14-12-24-17(21-14)15-6-2-3-10-19-15/h2-3,6,10,12H,4-5,7-9,11H2,1H3,(H,18,22)(H,20,23). The lowest BCUT2D eigenvalue weighted by atomic mass is 10.2. The van der Waals surface area contributed by atoms with E-state index in [1.807, 2.05) is 23.6 Å². The Balaban J connectivity index is 1.64. The second-order valence-electron chi connectivity index (χ2n) is 5.40. The highest BCUT2D eigenvalue weighted by Gasteiger charge is 2.07. The van der Waals surface area contributed by atoms with Crippen molar-refractivity contribution in [2.24, 2.45) is 0 Å². The molecule has 2 N–H and O–H groups in total. The summed E-state index contributed by atoms with van der Waals surface area (Å²) in [5.74, 6) is 0.00860. The highest BCUT2D eigenvalue weighted by Crippen LogP contribution is 2.21. The van der Waals surface area contributed by atoms with E-state index in [0.29, 0.717) is 25.9 Å². The number of unbranched alkanes of at least 4 members (excludes halogenated alkanes) is 1. The SMILES string of the molecule is CC(=O)NCCCCNC(=O)CCc1csc(-c2ccccn2)n1. The number of carbonyl (C=O) groups excluding carboxylic acids is 2. The van der Waals surface area contributed by atoms with Crippen molar-refractivity contribution in [2.75, 3.05) is 13.1 Å². The Morgan fingerprint density at radius 2 is 1.96 bits per heavy atom. The highest BCUT2D eigenvalue weighted by molar-refractivity contribution is 7.13. The first-order valence-corrected chi connectivity index (χ1v) is 8.90. The van der Waals surface area contributed by atoms with Gasteiger partial charge in [-0.05, 0) is 31.4 Å². The lowest BCUT2D eigenvalue weighted by Crippen LogP contribution is -2.26. The van der Waals surface area contributed by atoms with Gasteiger partial charge in [0, 0.05) is 38.0 Å². The van der Waals surface area contributed by atoms with Crippen molar-refractivity contribution < 1.29 is 9.59 Å². The van der Waals surface area contributed by atoms with E-state index in [9.17, 15) is 9.59 Å². The van der Waals surface area contributed by atoms with E-state index < -0.39 is 0 Å². The number of hydrogen-bond acceptors (Lipinski definition) is 5. The highest BCUT2D eigenvalue weighted by atomic mass is 32.1. The van der Waals surface area contributed by atoms with Crippen LogP contribution in [0.5, 0.6) is 0 Å². The molecule has 0 aliphatic heterocycles. The Kier molecular flexibility index (Phi) is 7.35. The minimum absolute atomic E-state index is 0.0210. The van der Waals surface area contributed by atoms with Crippen molar-refractivity contribution in [3.63, 3.8) is 0 Å². The van der Waals surface area contributed by atoms with Gasteiger partial charge >= 0.3 is 0 Å².